The molecule has 2 rings (SSSR count). The topological polar surface area (TPSA) is 66.8 Å². The maximum atomic E-state index is 12.6. The van der Waals surface area contributed by atoms with Crippen LogP contribution in [0, 0.1) is 0 Å². The largest absolute Gasteiger partial charge is 0.392 e. The van der Waals surface area contributed by atoms with Crippen LogP contribution in [-0.2, 0) is 21.4 Å². The van der Waals surface area contributed by atoms with Gasteiger partial charge < -0.3 is 9.84 Å². The van der Waals surface area contributed by atoms with E-state index in [0.717, 1.165) is 12.8 Å². The monoisotopic (exact) mass is 299 g/mol. The maximum Gasteiger partial charge on any atom is 0.243 e. The van der Waals surface area contributed by atoms with E-state index in [1.54, 1.807) is 31.4 Å². The molecule has 1 aliphatic heterocycles. The first-order valence-corrected chi connectivity index (χ1v) is 8.10. The van der Waals surface area contributed by atoms with Crippen molar-refractivity contribution in [3.63, 3.8) is 0 Å². The first-order chi connectivity index (χ1) is 9.41. The number of ether oxygens (including phenoxy) is 1. The zero-order chi connectivity index (χ0) is 14.8. The molecule has 112 valence electrons. The van der Waals surface area contributed by atoms with Gasteiger partial charge in [-0.1, -0.05) is 12.1 Å². The van der Waals surface area contributed by atoms with Gasteiger partial charge in [-0.15, -0.1) is 0 Å². The predicted octanol–water partition coefficient (Wildman–Crippen LogP) is 1.37. The molecule has 1 unspecified atom stereocenters. The third-order valence-electron chi connectivity index (χ3n) is 3.86. The van der Waals surface area contributed by atoms with E-state index in [2.05, 4.69) is 0 Å². The van der Waals surface area contributed by atoms with E-state index in [9.17, 15) is 8.42 Å². The number of benzene rings is 1. The zero-order valence-electron chi connectivity index (χ0n) is 11.9. The summed E-state index contributed by atoms with van der Waals surface area (Å²) in [7, 11) is -1.88. The Morgan fingerprint density at radius 3 is 2.55 bits per heavy atom. The van der Waals surface area contributed by atoms with Crippen molar-refractivity contribution in [2.75, 3.05) is 20.2 Å². The average Bonchev–Trinajstić information content (AvgIpc) is 2.47. The van der Waals surface area contributed by atoms with Gasteiger partial charge in [0.15, 0.2) is 0 Å². The van der Waals surface area contributed by atoms with Gasteiger partial charge in [0, 0.05) is 20.2 Å². The van der Waals surface area contributed by atoms with Gasteiger partial charge in [-0.3, -0.25) is 0 Å². The van der Waals surface area contributed by atoms with Gasteiger partial charge in [-0.2, -0.15) is 4.31 Å². The summed E-state index contributed by atoms with van der Waals surface area (Å²) >= 11 is 0. The minimum Gasteiger partial charge on any atom is -0.392 e. The van der Waals surface area contributed by atoms with E-state index < -0.39 is 15.6 Å². The van der Waals surface area contributed by atoms with Crippen molar-refractivity contribution in [3.8, 4) is 0 Å². The molecule has 0 saturated carbocycles. The van der Waals surface area contributed by atoms with Crippen LogP contribution in [0.25, 0.3) is 0 Å². The highest BCUT2D eigenvalue weighted by atomic mass is 32.2. The van der Waals surface area contributed by atoms with Gasteiger partial charge in [0.1, 0.15) is 0 Å². The lowest BCUT2D eigenvalue weighted by Gasteiger charge is -2.38. The minimum atomic E-state index is -3.50. The number of rotatable bonds is 4. The lowest BCUT2D eigenvalue weighted by atomic mass is 9.96. The van der Waals surface area contributed by atoms with Crippen LogP contribution in [0.4, 0.5) is 0 Å². The molecule has 6 heteroatoms. The summed E-state index contributed by atoms with van der Waals surface area (Å²) in [5.41, 5.74) is 0.278. The molecule has 1 aliphatic rings. The first kappa shape index (κ1) is 15.4. The Morgan fingerprint density at radius 1 is 1.35 bits per heavy atom. The number of methoxy groups -OCH3 is 1. The third kappa shape index (κ3) is 3.03. The number of hydrogen-bond donors (Lipinski definition) is 1. The number of nitrogens with zero attached hydrogens (tertiary/aromatic N) is 1. The molecule has 0 spiro atoms. The lowest BCUT2D eigenvalue weighted by Crippen LogP contribution is -2.49. The summed E-state index contributed by atoms with van der Waals surface area (Å²) in [6.07, 6.45) is 1.65. The average molecular weight is 299 g/mol. The highest BCUT2D eigenvalue weighted by Gasteiger charge is 2.36. The fourth-order valence-corrected chi connectivity index (χ4v) is 4.04. The van der Waals surface area contributed by atoms with Crippen LogP contribution in [0.5, 0.6) is 0 Å². The Hall–Kier alpha value is -0.950. The standard InChI is InChI=1S/C14H21NO4S/c1-14(19-2)8-3-9-15(11-14)20(17,18)13-6-4-12(10-16)5-7-13/h4-7,16H,3,8-11H2,1-2H3. The second-order valence-electron chi connectivity index (χ2n) is 5.40. The molecule has 1 aromatic carbocycles. The molecule has 1 saturated heterocycles. The van der Waals surface area contributed by atoms with Gasteiger partial charge in [0.05, 0.1) is 17.1 Å². The lowest BCUT2D eigenvalue weighted by molar-refractivity contribution is -0.0319. The van der Waals surface area contributed by atoms with Crippen LogP contribution in [0.1, 0.15) is 25.3 Å². The van der Waals surface area contributed by atoms with Crippen molar-refractivity contribution >= 4 is 10.0 Å². The molecule has 1 aromatic rings. The smallest absolute Gasteiger partial charge is 0.243 e. The summed E-state index contributed by atoms with van der Waals surface area (Å²) < 4.78 is 32.1. The maximum absolute atomic E-state index is 12.6. The van der Waals surface area contributed by atoms with E-state index in [-0.39, 0.29) is 11.5 Å². The summed E-state index contributed by atoms with van der Waals surface area (Å²) in [5, 5.41) is 9.00. The molecule has 1 N–H and O–H groups in total. The molecular formula is C14H21NO4S. The first-order valence-electron chi connectivity index (χ1n) is 6.66. The third-order valence-corrected chi connectivity index (χ3v) is 5.72. The molecule has 0 amide bonds. The van der Waals surface area contributed by atoms with Crippen LogP contribution < -0.4 is 0 Å². The van der Waals surface area contributed by atoms with Crippen LogP contribution in [-0.4, -0.2) is 43.6 Å². The molecule has 1 atom stereocenters. The van der Waals surface area contributed by atoms with Crippen molar-refractivity contribution in [3.05, 3.63) is 29.8 Å². The highest BCUT2D eigenvalue weighted by molar-refractivity contribution is 7.89. The number of aliphatic hydroxyl groups is 1. The number of aliphatic hydroxyl groups excluding tert-OH is 1. The quantitative estimate of drug-likeness (QED) is 0.912. The molecule has 20 heavy (non-hydrogen) atoms. The van der Waals surface area contributed by atoms with E-state index in [1.165, 1.54) is 4.31 Å². The van der Waals surface area contributed by atoms with Gasteiger partial charge in [0.25, 0.3) is 0 Å². The van der Waals surface area contributed by atoms with E-state index in [1.807, 2.05) is 6.92 Å². The normalized spacial score (nSPS) is 24.8. The van der Waals surface area contributed by atoms with Crippen molar-refractivity contribution in [1.29, 1.82) is 0 Å². The molecular weight excluding hydrogens is 278 g/mol. The molecule has 0 aromatic heterocycles. The summed E-state index contributed by atoms with van der Waals surface area (Å²) in [6, 6.07) is 6.35. The van der Waals surface area contributed by atoms with Crippen LogP contribution in [0.3, 0.4) is 0 Å². The number of piperidine rings is 1. The summed E-state index contributed by atoms with van der Waals surface area (Å²) in [4.78, 5) is 0.259. The van der Waals surface area contributed by atoms with Crippen molar-refractivity contribution in [2.24, 2.45) is 0 Å². The van der Waals surface area contributed by atoms with Crippen molar-refractivity contribution in [1.82, 2.24) is 4.31 Å². The van der Waals surface area contributed by atoms with E-state index in [0.29, 0.717) is 18.7 Å². The van der Waals surface area contributed by atoms with Gasteiger partial charge in [-0.25, -0.2) is 8.42 Å². The molecule has 1 fully saturated rings. The molecule has 0 radical (unpaired) electrons. The highest BCUT2D eigenvalue weighted by Crippen LogP contribution is 2.28. The fraction of sp³-hybridized carbons (Fsp3) is 0.571. The predicted molar refractivity (Wildman–Crippen MR) is 75.8 cm³/mol. The molecule has 5 nitrogen and oxygen atoms in total. The molecule has 1 heterocycles. The molecule has 0 aliphatic carbocycles. The number of sulfonamides is 1. The Kier molecular flexibility index (Phi) is 4.49. The Labute approximate surface area is 120 Å². The van der Waals surface area contributed by atoms with Crippen LogP contribution >= 0.6 is 0 Å². The van der Waals surface area contributed by atoms with Crippen LogP contribution in [0.2, 0.25) is 0 Å². The SMILES string of the molecule is COC1(C)CCCN(S(=O)(=O)c2ccc(CO)cc2)C1. The Bertz CT molecular complexity index is 555. The van der Waals surface area contributed by atoms with E-state index in [4.69, 9.17) is 9.84 Å². The van der Waals surface area contributed by atoms with Gasteiger partial charge in [-0.05, 0) is 37.5 Å². The van der Waals surface area contributed by atoms with Crippen molar-refractivity contribution < 1.29 is 18.3 Å². The molecule has 0 bridgehead atoms. The fourth-order valence-electron chi connectivity index (χ4n) is 2.45. The van der Waals surface area contributed by atoms with Crippen LogP contribution in [0.15, 0.2) is 29.2 Å². The Balaban J connectivity index is 2.25. The van der Waals surface area contributed by atoms with E-state index >= 15 is 0 Å². The summed E-state index contributed by atoms with van der Waals surface area (Å²) in [6.45, 7) is 2.73. The summed E-state index contributed by atoms with van der Waals surface area (Å²) in [5.74, 6) is 0. The van der Waals surface area contributed by atoms with Gasteiger partial charge >= 0.3 is 0 Å². The minimum absolute atomic E-state index is 0.0915. The van der Waals surface area contributed by atoms with Crippen molar-refractivity contribution in [2.45, 2.75) is 36.9 Å². The second-order valence-corrected chi connectivity index (χ2v) is 7.34. The number of hydrogen-bond acceptors (Lipinski definition) is 4. The second kappa shape index (κ2) is 5.81. The Morgan fingerprint density at radius 2 is 2.00 bits per heavy atom. The zero-order valence-corrected chi connectivity index (χ0v) is 12.7. The van der Waals surface area contributed by atoms with Gasteiger partial charge in [0.2, 0.25) is 10.0 Å².